The molecule has 1 aliphatic carbocycles. The molecule has 6 rings (SSSR count). The predicted octanol–water partition coefficient (Wildman–Crippen LogP) is 5.67. The summed E-state index contributed by atoms with van der Waals surface area (Å²) in [6, 6.07) is 10.7. The van der Waals surface area contributed by atoms with Crippen LogP contribution in [0.4, 0.5) is 23.0 Å². The van der Waals surface area contributed by atoms with Gasteiger partial charge in [-0.05, 0) is 93.2 Å². The summed E-state index contributed by atoms with van der Waals surface area (Å²) in [5, 5.41) is 18.8. The largest absolute Gasteiger partial charge is 0.398 e. The number of hydrogen-bond donors (Lipinski definition) is 3. The fourth-order valence-electron chi connectivity index (χ4n) is 6.31. The Bertz CT molecular complexity index is 1350. The molecule has 2 fully saturated rings. The van der Waals surface area contributed by atoms with Crippen molar-refractivity contribution < 1.29 is 0 Å². The van der Waals surface area contributed by atoms with Gasteiger partial charge in [0.15, 0.2) is 5.82 Å². The maximum absolute atomic E-state index is 6.52. The van der Waals surface area contributed by atoms with E-state index in [0.29, 0.717) is 11.9 Å². The van der Waals surface area contributed by atoms with Crippen LogP contribution in [0.1, 0.15) is 74.2 Å². The molecule has 0 spiro atoms. The van der Waals surface area contributed by atoms with Crippen LogP contribution in [0.5, 0.6) is 0 Å². The van der Waals surface area contributed by atoms with E-state index in [0.717, 1.165) is 65.5 Å². The highest BCUT2D eigenvalue weighted by Gasteiger charge is 2.24. The molecule has 0 unspecified atom stereocenters. The lowest BCUT2D eigenvalue weighted by Gasteiger charge is -2.33. The first-order valence-electron chi connectivity index (χ1n) is 14.0. The van der Waals surface area contributed by atoms with E-state index in [1.807, 2.05) is 6.20 Å². The average molecular weight is 512 g/mol. The number of rotatable bonds is 8. The van der Waals surface area contributed by atoms with Crippen LogP contribution in [0, 0.1) is 12.8 Å². The summed E-state index contributed by atoms with van der Waals surface area (Å²) < 4.78 is 0. The molecule has 3 heterocycles. The van der Waals surface area contributed by atoms with Crippen molar-refractivity contribution in [3.05, 3.63) is 53.5 Å². The van der Waals surface area contributed by atoms with Crippen molar-refractivity contribution in [2.45, 2.75) is 70.6 Å². The van der Waals surface area contributed by atoms with Gasteiger partial charge >= 0.3 is 0 Å². The summed E-state index contributed by atoms with van der Waals surface area (Å²) in [4.78, 5) is 12.1. The number of piperidine rings is 1. The smallest absolute Gasteiger partial charge is 0.227 e. The molecule has 4 aromatic rings. The lowest BCUT2D eigenvalue weighted by molar-refractivity contribution is 0.372. The van der Waals surface area contributed by atoms with Crippen molar-refractivity contribution in [3.63, 3.8) is 0 Å². The summed E-state index contributed by atoms with van der Waals surface area (Å²) in [6.07, 6.45) is 12.6. The Morgan fingerprint density at radius 1 is 1.08 bits per heavy atom. The van der Waals surface area contributed by atoms with E-state index in [4.69, 9.17) is 10.7 Å². The summed E-state index contributed by atoms with van der Waals surface area (Å²) in [6.45, 7) is 4.28. The molecule has 1 saturated carbocycles. The molecular formula is C29H37N9. The third kappa shape index (κ3) is 5.28. The minimum atomic E-state index is 0.495. The Balaban J connectivity index is 1.09. The molecule has 2 aliphatic rings. The van der Waals surface area contributed by atoms with Gasteiger partial charge in [0.1, 0.15) is 0 Å². The number of fused-ring (bicyclic) bond motifs is 1. The second kappa shape index (κ2) is 10.9. The Labute approximate surface area is 223 Å². The van der Waals surface area contributed by atoms with Gasteiger partial charge in [-0.25, -0.2) is 9.97 Å². The van der Waals surface area contributed by atoms with Crippen molar-refractivity contribution in [3.8, 4) is 0 Å². The van der Waals surface area contributed by atoms with Crippen molar-refractivity contribution in [1.82, 2.24) is 30.6 Å². The lowest BCUT2D eigenvalue weighted by atomic mass is 9.91. The summed E-state index contributed by atoms with van der Waals surface area (Å²) in [7, 11) is 0. The van der Waals surface area contributed by atoms with Gasteiger partial charge in [0.05, 0.1) is 5.52 Å². The zero-order valence-electron chi connectivity index (χ0n) is 22.2. The monoisotopic (exact) mass is 511 g/mol. The average Bonchev–Trinajstić information content (AvgIpc) is 3.65. The van der Waals surface area contributed by atoms with Gasteiger partial charge < -0.3 is 16.0 Å². The third-order valence-electron chi connectivity index (χ3n) is 8.42. The van der Waals surface area contributed by atoms with E-state index in [1.165, 1.54) is 56.2 Å². The van der Waals surface area contributed by atoms with Gasteiger partial charge in [-0.3, -0.25) is 0 Å². The molecule has 9 heteroatoms. The van der Waals surface area contributed by atoms with E-state index in [-0.39, 0.29) is 0 Å². The molecule has 0 radical (unpaired) electrons. The second-order valence-electron chi connectivity index (χ2n) is 11.0. The summed E-state index contributed by atoms with van der Waals surface area (Å²) >= 11 is 0. The van der Waals surface area contributed by atoms with E-state index >= 15 is 0 Å². The van der Waals surface area contributed by atoms with Crippen molar-refractivity contribution in [2.75, 3.05) is 29.0 Å². The fourth-order valence-corrected chi connectivity index (χ4v) is 6.31. The topological polar surface area (TPSA) is 122 Å². The first-order valence-corrected chi connectivity index (χ1v) is 14.0. The van der Waals surface area contributed by atoms with E-state index in [2.05, 4.69) is 73.1 Å². The van der Waals surface area contributed by atoms with Gasteiger partial charge in [0.25, 0.3) is 0 Å². The number of nitrogens with two attached hydrogens (primary N) is 1. The van der Waals surface area contributed by atoms with Gasteiger partial charge in [0, 0.05) is 53.7 Å². The lowest BCUT2D eigenvalue weighted by Crippen LogP contribution is -2.33. The molecule has 2 aromatic carbocycles. The fraction of sp³-hybridized carbons (Fsp3) is 0.483. The summed E-state index contributed by atoms with van der Waals surface area (Å²) in [5.41, 5.74) is 13.0. The van der Waals surface area contributed by atoms with Crippen LogP contribution in [0.15, 0.2) is 36.5 Å². The first-order chi connectivity index (χ1) is 18.6. The molecule has 1 saturated heterocycles. The Kier molecular flexibility index (Phi) is 7.07. The van der Waals surface area contributed by atoms with E-state index in [1.54, 1.807) is 0 Å². The van der Waals surface area contributed by atoms with Gasteiger partial charge in [-0.1, -0.05) is 18.1 Å². The number of nitrogen functional groups attached to an aromatic ring is 1. The van der Waals surface area contributed by atoms with Crippen LogP contribution >= 0.6 is 0 Å². The molecule has 0 amide bonds. The predicted molar refractivity (Wildman–Crippen MR) is 152 cm³/mol. The number of benzene rings is 2. The highest BCUT2D eigenvalue weighted by Crippen LogP contribution is 2.41. The molecule has 2 aromatic heterocycles. The van der Waals surface area contributed by atoms with Crippen LogP contribution in [-0.2, 0) is 6.42 Å². The zero-order chi connectivity index (χ0) is 25.9. The Hall–Kier alpha value is -3.75. The van der Waals surface area contributed by atoms with E-state index < -0.39 is 0 Å². The number of aromatic nitrogens is 6. The maximum Gasteiger partial charge on any atom is 0.227 e. The molecular weight excluding hydrogens is 474 g/mol. The van der Waals surface area contributed by atoms with Crippen molar-refractivity contribution >= 4 is 33.9 Å². The normalized spacial score (nSPS) is 16.9. The third-order valence-corrected chi connectivity index (χ3v) is 8.42. The molecule has 4 N–H and O–H groups in total. The number of tetrazole rings is 1. The zero-order valence-corrected chi connectivity index (χ0v) is 22.2. The quantitative estimate of drug-likeness (QED) is 0.259. The SMILES string of the molecule is Cc1cc(N)c(C2CCCC2)c2nc(Nc3ccc(N4CCC(CCCc5nn[nH]n5)CC4)cc3)ncc12. The van der Waals surface area contributed by atoms with Crippen LogP contribution in [0.2, 0.25) is 0 Å². The highest BCUT2D eigenvalue weighted by atomic mass is 15.5. The standard InChI is InChI=1S/C29H37N9/c1-19-17-25(30)27(21-6-2-3-7-21)28-24(19)18-31-29(33-28)32-22-9-11-23(12-10-22)38-15-13-20(14-16-38)5-4-8-26-34-36-37-35-26/h9-12,17-18,20-21H,2-8,13-16,30H2,1H3,(H,31,32,33)(H,34,35,36,37). The van der Waals surface area contributed by atoms with Crippen molar-refractivity contribution in [2.24, 2.45) is 5.92 Å². The molecule has 38 heavy (non-hydrogen) atoms. The molecule has 1 aliphatic heterocycles. The van der Waals surface area contributed by atoms with Gasteiger partial charge in [0.2, 0.25) is 5.95 Å². The number of anilines is 4. The van der Waals surface area contributed by atoms with Crippen LogP contribution in [0.25, 0.3) is 10.9 Å². The number of nitrogens with one attached hydrogen (secondary N) is 2. The van der Waals surface area contributed by atoms with E-state index in [9.17, 15) is 0 Å². The number of aromatic amines is 1. The molecule has 0 atom stereocenters. The number of H-pyrrole nitrogens is 1. The van der Waals surface area contributed by atoms with Gasteiger partial charge in [-0.15, -0.1) is 10.2 Å². The van der Waals surface area contributed by atoms with Crippen LogP contribution in [0.3, 0.4) is 0 Å². The number of aryl methyl sites for hydroxylation is 2. The van der Waals surface area contributed by atoms with Gasteiger partial charge in [-0.2, -0.15) is 5.21 Å². The second-order valence-corrected chi connectivity index (χ2v) is 11.0. The number of nitrogens with zero attached hydrogens (tertiary/aromatic N) is 6. The van der Waals surface area contributed by atoms with Crippen molar-refractivity contribution in [1.29, 1.82) is 0 Å². The molecule has 9 nitrogen and oxygen atoms in total. The van der Waals surface area contributed by atoms with Crippen LogP contribution < -0.4 is 16.0 Å². The maximum atomic E-state index is 6.52. The van der Waals surface area contributed by atoms with Crippen LogP contribution in [-0.4, -0.2) is 43.7 Å². The highest BCUT2D eigenvalue weighted by molar-refractivity contribution is 5.90. The first kappa shape index (κ1) is 24.6. The molecule has 198 valence electrons. The number of hydrogen-bond acceptors (Lipinski definition) is 8. The minimum absolute atomic E-state index is 0.495. The molecule has 0 bridgehead atoms. The summed E-state index contributed by atoms with van der Waals surface area (Å²) in [5.74, 6) is 2.71. The minimum Gasteiger partial charge on any atom is -0.398 e. The Morgan fingerprint density at radius 3 is 2.61 bits per heavy atom. The Morgan fingerprint density at radius 2 is 1.87 bits per heavy atom.